The Balaban J connectivity index is 1.45. The zero-order chi connectivity index (χ0) is 17.2. The minimum Gasteiger partial charge on any atom is -0.338 e. The lowest BCUT2D eigenvalue weighted by Crippen LogP contribution is -2.29. The van der Waals surface area contributed by atoms with E-state index >= 15 is 0 Å². The number of amides is 1. The number of fused-ring (bicyclic) bond motifs is 1. The number of rotatable bonds is 5. The van der Waals surface area contributed by atoms with Crippen molar-refractivity contribution >= 4 is 11.4 Å². The molecule has 3 aromatic heterocycles. The zero-order valence-electron chi connectivity index (χ0n) is 14.2. The minimum atomic E-state index is 0.0811. The third-order valence-corrected chi connectivity index (χ3v) is 4.95. The lowest BCUT2D eigenvalue weighted by Gasteiger charge is -2.25. The molecule has 6 heteroatoms. The quantitative estimate of drug-likeness (QED) is 0.775. The van der Waals surface area contributed by atoms with Gasteiger partial charge in [0.1, 0.15) is 0 Å². The lowest BCUT2D eigenvalue weighted by molar-refractivity contribution is -0.127. The Hall–Kier alpha value is -2.73. The van der Waals surface area contributed by atoms with E-state index in [2.05, 4.69) is 21.5 Å². The summed E-state index contributed by atoms with van der Waals surface area (Å²) in [6.07, 6.45) is 8.03. The molecule has 1 aliphatic heterocycles. The summed E-state index contributed by atoms with van der Waals surface area (Å²) in [6.45, 7) is 1.52. The fraction of sp³-hybridized carbons (Fsp3) is 0.316. The van der Waals surface area contributed by atoms with Gasteiger partial charge in [-0.2, -0.15) is 5.10 Å². The van der Waals surface area contributed by atoms with Gasteiger partial charge in [0.05, 0.1) is 17.8 Å². The van der Waals surface area contributed by atoms with Crippen LogP contribution in [-0.4, -0.2) is 39.0 Å². The second-order valence-electron chi connectivity index (χ2n) is 6.53. The van der Waals surface area contributed by atoms with Gasteiger partial charge in [0, 0.05) is 56.6 Å². The number of hydrogen-bond acceptors (Lipinski definition) is 4. The topological polar surface area (TPSA) is 62.5 Å². The average Bonchev–Trinajstić information content (AvgIpc) is 3.17. The molecule has 0 saturated carbocycles. The van der Waals surface area contributed by atoms with Crippen molar-refractivity contribution < 1.29 is 4.79 Å². The first kappa shape index (κ1) is 15.8. The van der Waals surface area contributed by atoms with Gasteiger partial charge in [-0.05, 0) is 23.8 Å². The van der Waals surface area contributed by atoms with E-state index in [1.807, 2.05) is 59.3 Å². The molecule has 0 radical (unpaired) electrons. The van der Waals surface area contributed by atoms with Crippen LogP contribution in [0.5, 0.6) is 0 Å². The highest BCUT2D eigenvalue weighted by Crippen LogP contribution is 2.36. The normalized spacial score (nSPS) is 20.5. The van der Waals surface area contributed by atoms with Gasteiger partial charge >= 0.3 is 0 Å². The van der Waals surface area contributed by atoms with E-state index in [9.17, 15) is 4.79 Å². The molecule has 1 aliphatic rings. The van der Waals surface area contributed by atoms with Gasteiger partial charge in [-0.3, -0.25) is 9.78 Å². The Morgan fingerprint density at radius 3 is 3.00 bits per heavy atom. The number of carbonyl (C=O) groups excluding carboxylic acids is 1. The van der Waals surface area contributed by atoms with E-state index in [0.717, 1.165) is 29.7 Å². The molecule has 1 amide bonds. The van der Waals surface area contributed by atoms with Gasteiger partial charge < -0.3 is 10.2 Å². The number of carbonyl (C=O) groups is 1. The highest BCUT2D eigenvalue weighted by molar-refractivity contribution is 5.79. The van der Waals surface area contributed by atoms with Gasteiger partial charge in [0.15, 0.2) is 0 Å². The number of aromatic nitrogens is 3. The lowest BCUT2D eigenvalue weighted by atomic mass is 9.94. The van der Waals surface area contributed by atoms with Crippen molar-refractivity contribution in [2.24, 2.45) is 5.92 Å². The van der Waals surface area contributed by atoms with E-state index in [1.165, 1.54) is 0 Å². The molecule has 4 rings (SSSR count). The van der Waals surface area contributed by atoms with Crippen LogP contribution in [0, 0.1) is 5.92 Å². The standard InChI is InChI=1S/C19H21N5O/c1-23-18(25)9-15(19(23)14-5-4-7-20-10-14)11-21-12-16-13-22-24-8-3-2-6-17(16)24/h2-8,10,13,15,19,21H,9,11-12H2,1H3/t15-,19-/m0/s1. The predicted molar refractivity (Wildman–Crippen MR) is 94.8 cm³/mol. The van der Waals surface area contributed by atoms with Crippen LogP contribution in [0.4, 0.5) is 0 Å². The maximum atomic E-state index is 12.2. The van der Waals surface area contributed by atoms with Crippen LogP contribution >= 0.6 is 0 Å². The molecule has 3 aromatic rings. The third kappa shape index (κ3) is 3.00. The van der Waals surface area contributed by atoms with E-state index in [0.29, 0.717) is 6.42 Å². The largest absolute Gasteiger partial charge is 0.338 e. The van der Waals surface area contributed by atoms with Gasteiger partial charge in [-0.25, -0.2) is 4.52 Å². The van der Waals surface area contributed by atoms with Crippen LogP contribution in [0.1, 0.15) is 23.6 Å². The number of pyridine rings is 2. The monoisotopic (exact) mass is 335 g/mol. The van der Waals surface area contributed by atoms with E-state index < -0.39 is 0 Å². The van der Waals surface area contributed by atoms with Crippen molar-refractivity contribution in [3.63, 3.8) is 0 Å². The summed E-state index contributed by atoms with van der Waals surface area (Å²) in [5, 5.41) is 7.87. The molecular weight excluding hydrogens is 314 g/mol. The van der Waals surface area contributed by atoms with Crippen molar-refractivity contribution in [1.29, 1.82) is 0 Å². The fourth-order valence-corrected chi connectivity index (χ4v) is 3.70. The van der Waals surface area contributed by atoms with Crippen LogP contribution < -0.4 is 5.32 Å². The molecule has 0 aromatic carbocycles. The summed E-state index contributed by atoms with van der Waals surface area (Å²) in [5.74, 6) is 0.431. The highest BCUT2D eigenvalue weighted by Gasteiger charge is 2.38. The van der Waals surface area contributed by atoms with Gasteiger partial charge in [0.25, 0.3) is 0 Å². The molecule has 4 heterocycles. The molecular formula is C19H21N5O. The molecule has 0 bridgehead atoms. The Morgan fingerprint density at radius 1 is 1.24 bits per heavy atom. The molecule has 0 unspecified atom stereocenters. The fourth-order valence-electron chi connectivity index (χ4n) is 3.70. The Morgan fingerprint density at radius 2 is 2.16 bits per heavy atom. The summed E-state index contributed by atoms with van der Waals surface area (Å²) in [5.41, 5.74) is 3.37. The summed E-state index contributed by atoms with van der Waals surface area (Å²) in [6, 6.07) is 10.1. The molecule has 0 spiro atoms. The number of likely N-dealkylation sites (tertiary alicyclic amines) is 1. The molecule has 1 N–H and O–H groups in total. The van der Waals surface area contributed by atoms with Crippen molar-refractivity contribution in [3.8, 4) is 0 Å². The molecule has 1 fully saturated rings. The summed E-state index contributed by atoms with van der Waals surface area (Å²) in [7, 11) is 1.88. The first-order valence-electron chi connectivity index (χ1n) is 8.51. The highest BCUT2D eigenvalue weighted by atomic mass is 16.2. The van der Waals surface area contributed by atoms with Gasteiger partial charge in [0.2, 0.25) is 5.91 Å². The predicted octanol–water partition coefficient (Wildman–Crippen LogP) is 2.04. The van der Waals surface area contributed by atoms with Crippen LogP contribution in [-0.2, 0) is 11.3 Å². The summed E-state index contributed by atoms with van der Waals surface area (Å²) < 4.78 is 1.88. The van der Waals surface area contributed by atoms with E-state index in [4.69, 9.17) is 0 Å². The maximum absolute atomic E-state index is 12.2. The third-order valence-electron chi connectivity index (χ3n) is 4.95. The zero-order valence-corrected chi connectivity index (χ0v) is 14.2. The van der Waals surface area contributed by atoms with Gasteiger partial charge in [-0.15, -0.1) is 0 Å². The number of nitrogens with zero attached hydrogens (tertiary/aromatic N) is 4. The minimum absolute atomic E-state index is 0.0811. The maximum Gasteiger partial charge on any atom is 0.223 e. The molecule has 25 heavy (non-hydrogen) atoms. The summed E-state index contributed by atoms with van der Waals surface area (Å²) >= 11 is 0. The van der Waals surface area contributed by atoms with Crippen LogP contribution in [0.3, 0.4) is 0 Å². The molecule has 2 atom stereocenters. The Kier molecular flexibility index (Phi) is 4.19. The van der Waals surface area contributed by atoms with Crippen molar-refractivity contribution in [3.05, 3.63) is 66.2 Å². The molecule has 0 aliphatic carbocycles. The van der Waals surface area contributed by atoms with E-state index in [-0.39, 0.29) is 17.9 Å². The Bertz CT molecular complexity index is 876. The first-order valence-corrected chi connectivity index (χ1v) is 8.51. The van der Waals surface area contributed by atoms with Crippen LogP contribution in [0.25, 0.3) is 5.52 Å². The number of nitrogens with one attached hydrogen (secondary N) is 1. The molecule has 1 saturated heterocycles. The number of hydrogen-bond donors (Lipinski definition) is 1. The molecule has 128 valence electrons. The second-order valence-corrected chi connectivity index (χ2v) is 6.53. The summed E-state index contributed by atoms with van der Waals surface area (Å²) in [4.78, 5) is 18.3. The van der Waals surface area contributed by atoms with Crippen molar-refractivity contribution in [2.45, 2.75) is 19.0 Å². The SMILES string of the molecule is CN1C(=O)C[C@@H](CNCc2cnn3ccccc23)[C@@H]1c1cccnc1. The van der Waals surface area contributed by atoms with Crippen molar-refractivity contribution in [2.75, 3.05) is 13.6 Å². The Labute approximate surface area is 146 Å². The van der Waals surface area contributed by atoms with Crippen molar-refractivity contribution in [1.82, 2.24) is 24.8 Å². The average molecular weight is 335 g/mol. The van der Waals surface area contributed by atoms with Gasteiger partial charge in [-0.1, -0.05) is 12.1 Å². The smallest absolute Gasteiger partial charge is 0.223 e. The first-order chi connectivity index (χ1) is 12.2. The molecule has 6 nitrogen and oxygen atoms in total. The van der Waals surface area contributed by atoms with E-state index in [1.54, 1.807) is 6.20 Å². The van der Waals surface area contributed by atoms with Crippen LogP contribution in [0.2, 0.25) is 0 Å². The second kappa shape index (κ2) is 6.64. The van der Waals surface area contributed by atoms with Crippen LogP contribution in [0.15, 0.2) is 55.1 Å².